The third kappa shape index (κ3) is 4.00. The summed E-state index contributed by atoms with van der Waals surface area (Å²) in [7, 11) is 0. The summed E-state index contributed by atoms with van der Waals surface area (Å²) in [6.45, 7) is 0.465. The van der Waals surface area contributed by atoms with E-state index < -0.39 is 0 Å². The predicted octanol–water partition coefficient (Wildman–Crippen LogP) is 3.65. The summed E-state index contributed by atoms with van der Waals surface area (Å²) in [4.78, 5) is 0. The normalized spacial score (nSPS) is 17.9. The van der Waals surface area contributed by atoms with Crippen LogP contribution in [0.4, 0.5) is 10.1 Å². The van der Waals surface area contributed by atoms with Gasteiger partial charge in [0.2, 0.25) is 0 Å². The van der Waals surface area contributed by atoms with Crippen molar-refractivity contribution >= 4 is 5.69 Å². The fourth-order valence-electron chi connectivity index (χ4n) is 2.38. The second-order valence-corrected chi connectivity index (χ2v) is 4.82. The van der Waals surface area contributed by atoms with Gasteiger partial charge in [0.05, 0.1) is 12.7 Å². The third-order valence-corrected chi connectivity index (χ3v) is 3.27. The largest absolute Gasteiger partial charge is 0.399 e. The van der Waals surface area contributed by atoms with Gasteiger partial charge in [0.25, 0.3) is 0 Å². The molecule has 1 aliphatic carbocycles. The Bertz CT molecular complexity index is 339. The first-order valence-electron chi connectivity index (χ1n) is 6.40. The number of halogens is 1. The molecule has 0 saturated heterocycles. The molecule has 94 valence electrons. The topological polar surface area (TPSA) is 35.2 Å². The first-order chi connectivity index (χ1) is 8.24. The molecule has 0 bridgehead atoms. The molecule has 1 aliphatic rings. The van der Waals surface area contributed by atoms with Crippen LogP contribution in [0.5, 0.6) is 0 Å². The highest BCUT2D eigenvalue weighted by atomic mass is 19.1. The monoisotopic (exact) mass is 237 g/mol. The smallest absolute Gasteiger partial charge is 0.125 e. The maximum Gasteiger partial charge on any atom is 0.125 e. The van der Waals surface area contributed by atoms with E-state index in [1.54, 1.807) is 6.07 Å². The van der Waals surface area contributed by atoms with E-state index in [9.17, 15) is 4.39 Å². The summed E-state index contributed by atoms with van der Waals surface area (Å²) in [5.41, 5.74) is 6.89. The average molecular weight is 237 g/mol. The van der Waals surface area contributed by atoms with Crippen molar-refractivity contribution in [2.45, 2.75) is 51.2 Å². The molecule has 0 atom stereocenters. The molecular formula is C14H20FNO. The number of ether oxygens (including phenoxy) is 1. The molecule has 0 heterocycles. The van der Waals surface area contributed by atoms with Gasteiger partial charge in [-0.05, 0) is 36.6 Å². The summed E-state index contributed by atoms with van der Waals surface area (Å²) in [5, 5.41) is 0. The van der Waals surface area contributed by atoms with Gasteiger partial charge < -0.3 is 10.5 Å². The van der Waals surface area contributed by atoms with Crippen molar-refractivity contribution in [3.05, 3.63) is 29.6 Å². The lowest BCUT2D eigenvalue weighted by atomic mass is 10.1. The number of rotatable bonds is 3. The Hall–Kier alpha value is -1.09. The summed E-state index contributed by atoms with van der Waals surface area (Å²) >= 11 is 0. The van der Waals surface area contributed by atoms with E-state index in [0.717, 1.165) is 18.4 Å². The van der Waals surface area contributed by atoms with Gasteiger partial charge in [-0.1, -0.05) is 25.7 Å². The lowest BCUT2D eigenvalue weighted by molar-refractivity contribution is 0.0309. The van der Waals surface area contributed by atoms with Crippen LogP contribution in [0.3, 0.4) is 0 Å². The summed E-state index contributed by atoms with van der Waals surface area (Å²) in [6.07, 6.45) is 7.71. The average Bonchev–Trinajstić information content (AvgIpc) is 2.53. The highest BCUT2D eigenvalue weighted by molar-refractivity contribution is 5.41. The molecule has 1 fully saturated rings. The zero-order chi connectivity index (χ0) is 12.1. The number of nitrogen functional groups attached to an aromatic ring is 1. The number of benzene rings is 1. The molecule has 2 rings (SSSR count). The minimum absolute atomic E-state index is 0.288. The van der Waals surface area contributed by atoms with E-state index in [4.69, 9.17) is 10.5 Å². The summed E-state index contributed by atoms with van der Waals surface area (Å²) in [6, 6.07) is 4.60. The first kappa shape index (κ1) is 12.4. The van der Waals surface area contributed by atoms with Crippen LogP contribution in [0.25, 0.3) is 0 Å². The molecule has 17 heavy (non-hydrogen) atoms. The van der Waals surface area contributed by atoms with Crippen LogP contribution in [0, 0.1) is 5.82 Å². The first-order valence-corrected chi connectivity index (χ1v) is 6.40. The maximum absolute atomic E-state index is 13.1. The van der Waals surface area contributed by atoms with Crippen molar-refractivity contribution < 1.29 is 9.13 Å². The molecule has 2 nitrogen and oxygen atoms in total. The van der Waals surface area contributed by atoms with Gasteiger partial charge in [0.15, 0.2) is 0 Å². The highest BCUT2D eigenvalue weighted by Gasteiger charge is 2.12. The fourth-order valence-corrected chi connectivity index (χ4v) is 2.38. The molecule has 0 radical (unpaired) electrons. The Morgan fingerprint density at radius 3 is 2.47 bits per heavy atom. The Morgan fingerprint density at radius 2 is 1.82 bits per heavy atom. The summed E-state index contributed by atoms with van der Waals surface area (Å²) < 4.78 is 19.0. The number of anilines is 1. The van der Waals surface area contributed by atoms with E-state index in [-0.39, 0.29) is 5.82 Å². The molecule has 0 aromatic heterocycles. The zero-order valence-corrected chi connectivity index (χ0v) is 10.1. The Balaban J connectivity index is 1.87. The van der Waals surface area contributed by atoms with Crippen molar-refractivity contribution in [3.63, 3.8) is 0 Å². The molecule has 0 aliphatic heterocycles. The predicted molar refractivity (Wildman–Crippen MR) is 67.1 cm³/mol. The number of hydrogen-bond donors (Lipinski definition) is 1. The van der Waals surface area contributed by atoms with Crippen molar-refractivity contribution in [1.82, 2.24) is 0 Å². The minimum Gasteiger partial charge on any atom is -0.399 e. The van der Waals surface area contributed by atoms with Crippen molar-refractivity contribution in [1.29, 1.82) is 0 Å². The van der Waals surface area contributed by atoms with Crippen LogP contribution in [-0.4, -0.2) is 6.10 Å². The number of nitrogens with two attached hydrogens (primary N) is 1. The molecular weight excluding hydrogens is 217 g/mol. The lowest BCUT2D eigenvalue weighted by Crippen LogP contribution is -2.11. The van der Waals surface area contributed by atoms with Gasteiger partial charge in [-0.3, -0.25) is 0 Å². The number of hydrogen-bond acceptors (Lipinski definition) is 2. The fraction of sp³-hybridized carbons (Fsp3) is 0.571. The van der Waals surface area contributed by atoms with Gasteiger partial charge in [0.1, 0.15) is 5.82 Å². The van der Waals surface area contributed by atoms with Crippen LogP contribution in [-0.2, 0) is 11.3 Å². The van der Waals surface area contributed by atoms with Crippen LogP contribution < -0.4 is 5.73 Å². The van der Waals surface area contributed by atoms with Gasteiger partial charge in [-0.2, -0.15) is 0 Å². The molecule has 1 saturated carbocycles. The SMILES string of the molecule is Nc1cc(F)cc(COC2CCCCCC2)c1. The zero-order valence-electron chi connectivity index (χ0n) is 10.1. The van der Waals surface area contributed by atoms with Gasteiger partial charge >= 0.3 is 0 Å². The maximum atomic E-state index is 13.1. The molecule has 0 amide bonds. The molecule has 3 heteroatoms. The van der Waals surface area contributed by atoms with E-state index >= 15 is 0 Å². The minimum atomic E-state index is -0.288. The third-order valence-electron chi connectivity index (χ3n) is 3.27. The van der Waals surface area contributed by atoms with Crippen LogP contribution in [0.2, 0.25) is 0 Å². The molecule has 1 aromatic rings. The van der Waals surface area contributed by atoms with Crippen LogP contribution in [0.1, 0.15) is 44.1 Å². The van der Waals surface area contributed by atoms with E-state index in [1.165, 1.54) is 37.8 Å². The lowest BCUT2D eigenvalue weighted by Gasteiger charge is -2.15. The second kappa shape index (κ2) is 6.01. The molecule has 0 unspecified atom stereocenters. The van der Waals surface area contributed by atoms with Crippen LogP contribution in [0.15, 0.2) is 18.2 Å². The highest BCUT2D eigenvalue weighted by Crippen LogP contribution is 2.21. The van der Waals surface area contributed by atoms with Crippen molar-refractivity contribution in [2.75, 3.05) is 5.73 Å². The standard InChI is InChI=1S/C14H20FNO/c15-12-7-11(8-13(16)9-12)10-17-14-5-3-1-2-4-6-14/h7-9,14H,1-6,10,16H2. The summed E-state index contributed by atoms with van der Waals surface area (Å²) in [5.74, 6) is -0.288. The van der Waals surface area contributed by atoms with Gasteiger partial charge in [0, 0.05) is 5.69 Å². The van der Waals surface area contributed by atoms with E-state index in [2.05, 4.69) is 0 Å². The van der Waals surface area contributed by atoms with Crippen LogP contribution >= 0.6 is 0 Å². The molecule has 2 N–H and O–H groups in total. The van der Waals surface area contributed by atoms with Gasteiger partial charge in [-0.15, -0.1) is 0 Å². The van der Waals surface area contributed by atoms with E-state index in [1.807, 2.05) is 0 Å². The van der Waals surface area contributed by atoms with E-state index in [0.29, 0.717) is 18.4 Å². The van der Waals surface area contributed by atoms with Gasteiger partial charge in [-0.25, -0.2) is 4.39 Å². The quantitative estimate of drug-likeness (QED) is 0.643. The Kier molecular flexibility index (Phi) is 4.37. The van der Waals surface area contributed by atoms with Crippen molar-refractivity contribution in [2.24, 2.45) is 0 Å². The molecule has 1 aromatic carbocycles. The Labute approximate surface area is 102 Å². The molecule has 0 spiro atoms. The van der Waals surface area contributed by atoms with Crippen molar-refractivity contribution in [3.8, 4) is 0 Å². The second-order valence-electron chi connectivity index (χ2n) is 4.82. The Morgan fingerprint density at radius 1 is 1.12 bits per heavy atom.